The van der Waals surface area contributed by atoms with Crippen LogP contribution in [0.25, 0.3) is 0 Å². The van der Waals surface area contributed by atoms with Crippen molar-refractivity contribution in [2.24, 2.45) is 11.3 Å². The van der Waals surface area contributed by atoms with E-state index in [-0.39, 0.29) is 5.41 Å². The molecule has 27 heavy (non-hydrogen) atoms. The molecule has 2 aromatic carbocycles. The lowest BCUT2D eigenvalue weighted by Gasteiger charge is -2.48. The summed E-state index contributed by atoms with van der Waals surface area (Å²) in [7, 11) is 1.70. The zero-order valence-corrected chi connectivity index (χ0v) is 17.0. The van der Waals surface area contributed by atoms with E-state index in [1.165, 1.54) is 17.5 Å². The van der Waals surface area contributed by atoms with E-state index in [4.69, 9.17) is 9.47 Å². The van der Waals surface area contributed by atoms with Gasteiger partial charge in [0.25, 0.3) is 6.47 Å². The molecule has 1 fully saturated rings. The highest BCUT2D eigenvalue weighted by Gasteiger charge is 2.44. The van der Waals surface area contributed by atoms with Crippen molar-refractivity contribution in [1.29, 1.82) is 0 Å². The minimum Gasteiger partial charge on any atom is -0.497 e. The molecule has 0 bridgehead atoms. The smallest absolute Gasteiger partial charge is 0.298 e. The first-order valence-electron chi connectivity index (χ1n) is 9.68. The maximum absolute atomic E-state index is 10.7. The Morgan fingerprint density at radius 1 is 1.04 bits per heavy atom. The molecular formula is C24H30O3. The lowest BCUT2D eigenvalue weighted by molar-refractivity contribution is -0.120. The molecule has 0 saturated heterocycles. The fourth-order valence-corrected chi connectivity index (χ4v) is 4.42. The first-order chi connectivity index (χ1) is 12.8. The Labute approximate surface area is 162 Å². The summed E-state index contributed by atoms with van der Waals surface area (Å²) in [4.78, 5) is 10.7. The number of hydrogen-bond acceptors (Lipinski definition) is 3. The Morgan fingerprint density at radius 2 is 1.70 bits per heavy atom. The van der Waals surface area contributed by atoms with Crippen molar-refractivity contribution < 1.29 is 14.3 Å². The molecule has 0 amide bonds. The molecule has 0 heterocycles. The number of carbonyl (C=O) groups excluding carboxylic acids is 1. The van der Waals surface area contributed by atoms with Crippen LogP contribution in [0.5, 0.6) is 11.5 Å². The van der Waals surface area contributed by atoms with E-state index in [9.17, 15) is 4.79 Å². The Morgan fingerprint density at radius 3 is 2.26 bits per heavy atom. The molecule has 3 heteroatoms. The number of ether oxygens (including phenoxy) is 2. The Bertz CT molecular complexity index is 807. The minimum atomic E-state index is -0.0360. The second-order valence-electron chi connectivity index (χ2n) is 8.60. The summed E-state index contributed by atoms with van der Waals surface area (Å²) in [6, 6.07) is 14.8. The van der Waals surface area contributed by atoms with Gasteiger partial charge in [-0.15, -0.1) is 0 Å². The molecule has 2 aromatic rings. The predicted octanol–water partition coefficient (Wildman–Crippen LogP) is 5.67. The number of rotatable bonds is 5. The number of hydrogen-bond donors (Lipinski definition) is 0. The van der Waals surface area contributed by atoms with Crippen LogP contribution in [0.1, 0.15) is 56.7 Å². The molecule has 1 aliphatic carbocycles. The largest absolute Gasteiger partial charge is 0.497 e. The van der Waals surface area contributed by atoms with Crippen LogP contribution in [0.2, 0.25) is 0 Å². The Balaban J connectivity index is 2.10. The van der Waals surface area contributed by atoms with Crippen LogP contribution >= 0.6 is 0 Å². The van der Waals surface area contributed by atoms with Gasteiger partial charge < -0.3 is 9.47 Å². The van der Waals surface area contributed by atoms with Gasteiger partial charge in [-0.2, -0.15) is 0 Å². The van der Waals surface area contributed by atoms with Gasteiger partial charge in [-0.25, -0.2) is 0 Å². The molecule has 0 spiro atoms. The molecule has 0 aliphatic heterocycles. The molecule has 3 rings (SSSR count). The van der Waals surface area contributed by atoms with Crippen LogP contribution in [-0.2, 0) is 10.2 Å². The molecule has 2 unspecified atom stereocenters. The monoisotopic (exact) mass is 366 g/mol. The van der Waals surface area contributed by atoms with E-state index in [1.807, 2.05) is 13.0 Å². The van der Waals surface area contributed by atoms with Gasteiger partial charge in [0.2, 0.25) is 0 Å². The molecule has 1 aliphatic rings. The molecule has 2 atom stereocenters. The van der Waals surface area contributed by atoms with Crippen molar-refractivity contribution in [2.45, 2.75) is 52.4 Å². The van der Waals surface area contributed by atoms with E-state index in [0.29, 0.717) is 23.6 Å². The molecular weight excluding hydrogens is 336 g/mol. The first kappa shape index (κ1) is 19.5. The van der Waals surface area contributed by atoms with Gasteiger partial charge in [0, 0.05) is 5.41 Å². The standard InChI is InChI=1S/C24H30O3/c1-17-14-20(8-11-22(17)27-16-25)24(13-12-23(3,4)18(2)15-24)19-6-9-21(26-5)10-7-19/h6-11,14,16,18H,12-13,15H2,1-5H3. The van der Waals surface area contributed by atoms with Crippen LogP contribution in [-0.4, -0.2) is 13.6 Å². The predicted molar refractivity (Wildman–Crippen MR) is 108 cm³/mol. The second-order valence-corrected chi connectivity index (χ2v) is 8.60. The first-order valence-corrected chi connectivity index (χ1v) is 9.68. The lowest BCUT2D eigenvalue weighted by Crippen LogP contribution is -2.41. The zero-order valence-electron chi connectivity index (χ0n) is 17.0. The molecule has 0 radical (unpaired) electrons. The normalized spacial score (nSPS) is 24.3. The van der Waals surface area contributed by atoms with Crippen molar-refractivity contribution in [3.05, 3.63) is 59.2 Å². The SMILES string of the molecule is COc1ccc(C2(c3ccc(OC=O)c(C)c3)CCC(C)(C)C(C)C2)cc1. The van der Waals surface area contributed by atoms with Crippen LogP contribution in [0, 0.1) is 18.3 Å². The van der Waals surface area contributed by atoms with Crippen molar-refractivity contribution in [1.82, 2.24) is 0 Å². The van der Waals surface area contributed by atoms with Gasteiger partial charge in [-0.05, 0) is 72.4 Å². The summed E-state index contributed by atoms with van der Waals surface area (Å²) in [6.07, 6.45) is 3.37. The third-order valence-electron chi connectivity index (χ3n) is 6.73. The quantitative estimate of drug-likeness (QED) is 0.640. The number of methoxy groups -OCH3 is 1. The third-order valence-corrected chi connectivity index (χ3v) is 6.73. The minimum absolute atomic E-state index is 0.0360. The summed E-state index contributed by atoms with van der Waals surface area (Å²) in [5.41, 5.74) is 3.92. The number of carbonyl (C=O) groups is 1. The zero-order chi connectivity index (χ0) is 19.7. The average molecular weight is 367 g/mol. The van der Waals surface area contributed by atoms with Crippen LogP contribution in [0.3, 0.4) is 0 Å². The Hall–Kier alpha value is -2.29. The van der Waals surface area contributed by atoms with Crippen molar-refractivity contribution in [3.8, 4) is 11.5 Å². The highest BCUT2D eigenvalue weighted by atomic mass is 16.5. The Kier molecular flexibility index (Phi) is 5.32. The molecule has 144 valence electrons. The summed E-state index contributed by atoms with van der Waals surface area (Å²) in [6.45, 7) is 9.62. The maximum Gasteiger partial charge on any atom is 0.298 e. The van der Waals surface area contributed by atoms with E-state index in [0.717, 1.165) is 24.2 Å². The van der Waals surface area contributed by atoms with Crippen LogP contribution in [0.15, 0.2) is 42.5 Å². The number of benzene rings is 2. The fourth-order valence-electron chi connectivity index (χ4n) is 4.42. The third kappa shape index (κ3) is 3.60. The van der Waals surface area contributed by atoms with Gasteiger partial charge in [0.15, 0.2) is 0 Å². The van der Waals surface area contributed by atoms with Crippen LogP contribution < -0.4 is 9.47 Å². The summed E-state index contributed by atoms with van der Waals surface area (Å²) < 4.78 is 10.5. The van der Waals surface area contributed by atoms with Gasteiger partial charge in [0.05, 0.1) is 7.11 Å². The number of aryl methyl sites for hydroxylation is 1. The average Bonchev–Trinajstić information content (AvgIpc) is 2.66. The van der Waals surface area contributed by atoms with Crippen LogP contribution in [0.4, 0.5) is 0 Å². The van der Waals surface area contributed by atoms with Gasteiger partial charge in [-0.1, -0.05) is 45.0 Å². The maximum atomic E-state index is 10.7. The fraction of sp³-hybridized carbons (Fsp3) is 0.458. The van der Waals surface area contributed by atoms with E-state index < -0.39 is 0 Å². The molecule has 1 saturated carbocycles. The molecule has 3 nitrogen and oxygen atoms in total. The highest BCUT2D eigenvalue weighted by Crippen LogP contribution is 2.53. The highest BCUT2D eigenvalue weighted by molar-refractivity contribution is 5.51. The molecule has 0 aromatic heterocycles. The lowest BCUT2D eigenvalue weighted by atomic mass is 9.55. The van der Waals surface area contributed by atoms with Gasteiger partial charge >= 0.3 is 0 Å². The second kappa shape index (κ2) is 7.38. The molecule has 0 N–H and O–H groups in total. The van der Waals surface area contributed by atoms with Gasteiger partial charge in [-0.3, -0.25) is 4.79 Å². The van der Waals surface area contributed by atoms with Crippen molar-refractivity contribution >= 4 is 6.47 Å². The summed E-state index contributed by atoms with van der Waals surface area (Å²) >= 11 is 0. The van der Waals surface area contributed by atoms with E-state index in [1.54, 1.807) is 7.11 Å². The summed E-state index contributed by atoms with van der Waals surface area (Å²) in [5, 5.41) is 0. The van der Waals surface area contributed by atoms with E-state index in [2.05, 4.69) is 57.2 Å². The topological polar surface area (TPSA) is 35.5 Å². The van der Waals surface area contributed by atoms with Crippen molar-refractivity contribution in [2.75, 3.05) is 7.11 Å². The summed E-state index contributed by atoms with van der Waals surface area (Å²) in [5.74, 6) is 2.10. The van der Waals surface area contributed by atoms with E-state index >= 15 is 0 Å². The van der Waals surface area contributed by atoms with Gasteiger partial charge in [0.1, 0.15) is 11.5 Å². The van der Waals surface area contributed by atoms with Crippen molar-refractivity contribution in [3.63, 3.8) is 0 Å².